The van der Waals surface area contributed by atoms with Gasteiger partial charge >= 0.3 is 0 Å². The highest BCUT2D eigenvalue weighted by atomic mass is 19.1. The Morgan fingerprint density at radius 2 is 1.60 bits per heavy atom. The van der Waals surface area contributed by atoms with E-state index in [-0.39, 0.29) is 17.7 Å². The summed E-state index contributed by atoms with van der Waals surface area (Å²) < 4.78 is 15.3. The standard InChI is InChI=1S/C37H39FN8O2/c38-28-13-15-29(16-14-28)44-19-21-45(22-20-44)36(48)27-12-17-32-31(24-27)43-35(46(32)33(34(39)47)11-6-18-42-37(40)41)30-10-5-4-9-26(30)23-25-7-2-1-3-8-25/h1-5,7-10,12-17,24,33H,6,11,18-23H2,(H2,39,47)(H4,40,41,42)/t33-/m0/s1. The molecule has 0 saturated carbocycles. The third kappa shape index (κ3) is 7.15. The van der Waals surface area contributed by atoms with Crippen molar-refractivity contribution < 1.29 is 14.0 Å². The number of hydrogen-bond donors (Lipinski definition) is 4. The van der Waals surface area contributed by atoms with Gasteiger partial charge in [0, 0.05) is 49.5 Å². The zero-order valence-corrected chi connectivity index (χ0v) is 26.6. The second-order valence-electron chi connectivity index (χ2n) is 12.0. The molecule has 0 unspecified atom stereocenters. The lowest BCUT2D eigenvalue weighted by Crippen LogP contribution is -2.48. The van der Waals surface area contributed by atoms with Crippen LogP contribution in [0.3, 0.4) is 0 Å². The van der Waals surface area contributed by atoms with Crippen LogP contribution in [0.4, 0.5) is 10.1 Å². The van der Waals surface area contributed by atoms with Gasteiger partial charge < -0.3 is 31.2 Å². The van der Waals surface area contributed by atoms with Crippen molar-refractivity contribution in [1.29, 1.82) is 5.41 Å². The van der Waals surface area contributed by atoms with Gasteiger partial charge in [0.1, 0.15) is 17.7 Å². The predicted molar refractivity (Wildman–Crippen MR) is 186 cm³/mol. The van der Waals surface area contributed by atoms with Gasteiger partial charge in [0.25, 0.3) is 5.91 Å². The first-order valence-electron chi connectivity index (χ1n) is 16.1. The number of carbonyl (C=O) groups excluding carboxylic acids is 2. The van der Waals surface area contributed by atoms with Crippen molar-refractivity contribution >= 4 is 34.5 Å². The summed E-state index contributed by atoms with van der Waals surface area (Å²) in [5, 5.41) is 10.3. The van der Waals surface area contributed by atoms with Gasteiger partial charge in [0.05, 0.1) is 11.0 Å². The number of anilines is 1. The number of benzene rings is 4. The highest BCUT2D eigenvalue weighted by Crippen LogP contribution is 2.34. The minimum absolute atomic E-state index is 0.0991. The van der Waals surface area contributed by atoms with Crippen LogP contribution in [0.1, 0.15) is 40.4 Å². The lowest BCUT2D eigenvalue weighted by molar-refractivity contribution is -0.121. The molecule has 0 radical (unpaired) electrons. The maximum Gasteiger partial charge on any atom is 0.254 e. The Kier molecular flexibility index (Phi) is 9.65. The molecule has 0 bridgehead atoms. The minimum Gasteiger partial charge on any atom is -0.370 e. The minimum atomic E-state index is -0.732. The van der Waals surface area contributed by atoms with E-state index in [2.05, 4.69) is 28.4 Å². The smallest absolute Gasteiger partial charge is 0.254 e. The number of rotatable bonds is 11. The number of piperazine rings is 1. The molecule has 1 atom stereocenters. The summed E-state index contributed by atoms with van der Waals surface area (Å²) >= 11 is 0. The number of fused-ring (bicyclic) bond motifs is 1. The molecule has 0 spiro atoms. The topological polar surface area (TPSA) is 146 Å². The highest BCUT2D eigenvalue weighted by Gasteiger charge is 2.27. The maximum absolute atomic E-state index is 13.7. The van der Waals surface area contributed by atoms with Crippen LogP contribution < -0.4 is 21.7 Å². The van der Waals surface area contributed by atoms with Crippen molar-refractivity contribution in [2.24, 2.45) is 11.5 Å². The molecule has 6 rings (SSSR count). The lowest BCUT2D eigenvalue weighted by Gasteiger charge is -2.36. The van der Waals surface area contributed by atoms with E-state index in [9.17, 15) is 14.0 Å². The molecule has 5 aromatic rings. The zero-order valence-electron chi connectivity index (χ0n) is 26.6. The molecule has 1 aliphatic heterocycles. The number of carbonyl (C=O) groups is 2. The molecule has 4 aromatic carbocycles. The van der Waals surface area contributed by atoms with Gasteiger partial charge in [-0.25, -0.2) is 9.37 Å². The molecule has 10 nitrogen and oxygen atoms in total. The number of imidazole rings is 1. The van der Waals surface area contributed by atoms with Crippen LogP contribution in [-0.4, -0.2) is 64.9 Å². The van der Waals surface area contributed by atoms with E-state index in [1.54, 1.807) is 24.3 Å². The molecule has 11 heteroatoms. The number of primary amides is 1. The summed E-state index contributed by atoms with van der Waals surface area (Å²) in [6.45, 7) is 2.74. The summed E-state index contributed by atoms with van der Waals surface area (Å²) in [6, 6.07) is 29.2. The number of aromatic nitrogens is 2. The molecule has 48 heavy (non-hydrogen) atoms. The third-order valence-corrected chi connectivity index (χ3v) is 8.80. The second-order valence-corrected chi connectivity index (χ2v) is 12.0. The maximum atomic E-state index is 13.7. The van der Waals surface area contributed by atoms with E-state index in [0.717, 1.165) is 22.4 Å². The average Bonchev–Trinajstić information content (AvgIpc) is 3.47. The number of guanidine groups is 1. The van der Waals surface area contributed by atoms with E-state index in [4.69, 9.17) is 21.9 Å². The van der Waals surface area contributed by atoms with E-state index in [0.29, 0.717) is 74.4 Å². The van der Waals surface area contributed by atoms with Gasteiger partial charge in [-0.05, 0) is 72.9 Å². The number of halogens is 1. The molecule has 2 amide bonds. The number of nitrogens with one attached hydrogen (secondary N) is 2. The van der Waals surface area contributed by atoms with Gasteiger partial charge in [0.15, 0.2) is 5.96 Å². The van der Waals surface area contributed by atoms with Crippen molar-refractivity contribution in [1.82, 2.24) is 19.8 Å². The van der Waals surface area contributed by atoms with Gasteiger partial charge in [0.2, 0.25) is 5.91 Å². The van der Waals surface area contributed by atoms with Crippen molar-refractivity contribution in [3.05, 3.63) is 120 Å². The van der Waals surface area contributed by atoms with Gasteiger partial charge in [-0.1, -0.05) is 54.6 Å². The molecule has 246 valence electrons. The zero-order chi connectivity index (χ0) is 33.6. The van der Waals surface area contributed by atoms with E-state index in [1.165, 1.54) is 12.1 Å². The highest BCUT2D eigenvalue weighted by molar-refractivity contribution is 5.98. The number of nitrogens with zero attached hydrogens (tertiary/aromatic N) is 4. The fourth-order valence-electron chi connectivity index (χ4n) is 6.36. The Hall–Kier alpha value is -5.71. The Bertz CT molecular complexity index is 1920. The molecule has 2 heterocycles. The largest absolute Gasteiger partial charge is 0.370 e. The van der Waals surface area contributed by atoms with Crippen LogP contribution in [0.15, 0.2) is 97.1 Å². The Labute approximate surface area is 278 Å². The monoisotopic (exact) mass is 646 g/mol. The second kappa shape index (κ2) is 14.4. The molecule has 1 fully saturated rings. The fourth-order valence-corrected chi connectivity index (χ4v) is 6.36. The van der Waals surface area contributed by atoms with Crippen LogP contribution in [-0.2, 0) is 11.2 Å². The normalized spacial score (nSPS) is 13.8. The summed E-state index contributed by atoms with van der Waals surface area (Å²) in [5.41, 5.74) is 17.3. The van der Waals surface area contributed by atoms with Crippen molar-refractivity contribution in [2.75, 3.05) is 37.6 Å². The van der Waals surface area contributed by atoms with Crippen LogP contribution in [0.2, 0.25) is 0 Å². The number of nitrogens with two attached hydrogens (primary N) is 2. The van der Waals surface area contributed by atoms with Crippen LogP contribution in [0.25, 0.3) is 22.4 Å². The Morgan fingerprint density at radius 3 is 2.31 bits per heavy atom. The molecule has 1 saturated heterocycles. The van der Waals surface area contributed by atoms with Crippen LogP contribution in [0.5, 0.6) is 0 Å². The summed E-state index contributed by atoms with van der Waals surface area (Å²) in [4.78, 5) is 35.8. The third-order valence-electron chi connectivity index (χ3n) is 8.80. The first kappa shape index (κ1) is 32.2. The SMILES string of the molecule is N=C(N)NCCC[C@@H](C(N)=O)n1c(-c2ccccc2Cc2ccccc2)nc2cc(C(=O)N3CCN(c4ccc(F)cc4)CC3)ccc21. The molecule has 1 aromatic heterocycles. The van der Waals surface area contributed by atoms with E-state index in [1.807, 2.05) is 51.9 Å². The first-order valence-corrected chi connectivity index (χ1v) is 16.1. The molecule has 0 aliphatic carbocycles. The first-order chi connectivity index (χ1) is 23.3. The van der Waals surface area contributed by atoms with Crippen molar-refractivity contribution in [3.8, 4) is 11.4 Å². The quantitative estimate of drug-likeness (QED) is 0.0931. The molecule has 6 N–H and O–H groups in total. The summed E-state index contributed by atoms with van der Waals surface area (Å²) in [7, 11) is 0. The van der Waals surface area contributed by atoms with Gasteiger partial charge in [-0.2, -0.15) is 0 Å². The molecular formula is C37H39FN8O2. The van der Waals surface area contributed by atoms with Crippen molar-refractivity contribution in [2.45, 2.75) is 25.3 Å². The van der Waals surface area contributed by atoms with Crippen molar-refractivity contribution in [3.63, 3.8) is 0 Å². The van der Waals surface area contributed by atoms with Crippen LogP contribution in [0, 0.1) is 11.2 Å². The van der Waals surface area contributed by atoms with E-state index >= 15 is 0 Å². The van der Waals surface area contributed by atoms with E-state index < -0.39 is 11.9 Å². The average molecular weight is 647 g/mol. The summed E-state index contributed by atoms with van der Waals surface area (Å²) in [5.74, 6) is -0.419. The Balaban J connectivity index is 1.34. The Morgan fingerprint density at radius 1 is 0.896 bits per heavy atom. The number of amides is 2. The molecule has 1 aliphatic rings. The fraction of sp³-hybridized carbons (Fsp3) is 0.243. The van der Waals surface area contributed by atoms with Gasteiger partial charge in [-0.15, -0.1) is 0 Å². The summed E-state index contributed by atoms with van der Waals surface area (Å²) in [6.07, 6.45) is 1.60. The van der Waals surface area contributed by atoms with Gasteiger partial charge in [-0.3, -0.25) is 15.0 Å². The van der Waals surface area contributed by atoms with Crippen LogP contribution >= 0.6 is 0 Å². The number of hydrogen-bond acceptors (Lipinski definition) is 5. The lowest BCUT2D eigenvalue weighted by atomic mass is 9.99. The molecular weight excluding hydrogens is 607 g/mol. The predicted octanol–water partition coefficient (Wildman–Crippen LogP) is 4.69.